The molecule has 0 amide bonds. The van der Waals surface area contributed by atoms with E-state index in [4.69, 9.17) is 11.6 Å². The highest BCUT2D eigenvalue weighted by Crippen LogP contribution is 2.28. The van der Waals surface area contributed by atoms with E-state index in [-0.39, 0.29) is 6.10 Å². The Balaban J connectivity index is 1.52. The predicted octanol–water partition coefficient (Wildman–Crippen LogP) is 3.01. The van der Waals surface area contributed by atoms with E-state index in [0.717, 1.165) is 49.9 Å². The minimum absolute atomic E-state index is 0.0830. The highest BCUT2D eigenvalue weighted by molar-refractivity contribution is 6.33. The van der Waals surface area contributed by atoms with Gasteiger partial charge in [-0.15, -0.1) is 0 Å². The van der Waals surface area contributed by atoms with Crippen LogP contribution in [0.4, 0.5) is 5.69 Å². The topological polar surface area (TPSA) is 26.7 Å². The third kappa shape index (κ3) is 3.71. The van der Waals surface area contributed by atoms with Crippen LogP contribution in [0.3, 0.4) is 0 Å². The van der Waals surface area contributed by atoms with Gasteiger partial charge in [-0.05, 0) is 30.9 Å². The van der Waals surface area contributed by atoms with Gasteiger partial charge >= 0.3 is 0 Å². The summed E-state index contributed by atoms with van der Waals surface area (Å²) in [7, 11) is 0. The molecule has 4 heteroatoms. The molecule has 2 aliphatic rings. The van der Waals surface area contributed by atoms with Gasteiger partial charge in [0.2, 0.25) is 0 Å². The number of aliphatic hydroxyl groups excluding tert-OH is 1. The number of anilines is 1. The normalized spacial score (nSPS) is 27.8. The number of para-hydroxylation sites is 1. The van der Waals surface area contributed by atoms with Crippen molar-refractivity contribution in [2.24, 2.45) is 5.92 Å². The van der Waals surface area contributed by atoms with E-state index in [1.54, 1.807) is 0 Å². The smallest absolute Gasteiger partial charge is 0.0639 e. The predicted molar refractivity (Wildman–Crippen MR) is 88.1 cm³/mol. The number of hydrogen-bond donors (Lipinski definition) is 1. The van der Waals surface area contributed by atoms with Crippen molar-refractivity contribution >= 4 is 17.3 Å². The summed E-state index contributed by atoms with van der Waals surface area (Å²) < 4.78 is 0. The van der Waals surface area contributed by atoms with Gasteiger partial charge in [-0.25, -0.2) is 0 Å². The van der Waals surface area contributed by atoms with E-state index in [1.165, 1.54) is 19.3 Å². The summed E-state index contributed by atoms with van der Waals surface area (Å²) in [6, 6.07) is 8.09. The van der Waals surface area contributed by atoms with Gasteiger partial charge in [-0.3, -0.25) is 4.90 Å². The average Bonchev–Trinajstić information content (AvgIpc) is 2.51. The van der Waals surface area contributed by atoms with Crippen LogP contribution in [0.2, 0.25) is 5.02 Å². The Bertz CT molecular complexity index is 460. The Morgan fingerprint density at radius 1 is 1.05 bits per heavy atom. The monoisotopic (exact) mass is 308 g/mol. The fraction of sp³-hybridized carbons (Fsp3) is 0.647. The molecule has 2 atom stereocenters. The molecule has 0 bridgehead atoms. The van der Waals surface area contributed by atoms with Gasteiger partial charge in [-0.2, -0.15) is 0 Å². The summed E-state index contributed by atoms with van der Waals surface area (Å²) in [6.45, 7) is 5.22. The second-order valence-corrected chi connectivity index (χ2v) is 6.76. The number of rotatable bonds is 3. The molecule has 1 aromatic carbocycles. The maximum absolute atomic E-state index is 10.1. The van der Waals surface area contributed by atoms with Crippen LogP contribution in [0.25, 0.3) is 0 Å². The van der Waals surface area contributed by atoms with E-state index in [2.05, 4.69) is 15.9 Å². The number of piperazine rings is 1. The Morgan fingerprint density at radius 2 is 1.76 bits per heavy atom. The third-order valence-electron chi connectivity index (χ3n) is 4.93. The van der Waals surface area contributed by atoms with Crippen LogP contribution in [0, 0.1) is 5.92 Å². The molecule has 1 aromatic rings. The maximum atomic E-state index is 10.1. The second-order valence-electron chi connectivity index (χ2n) is 6.35. The van der Waals surface area contributed by atoms with E-state index in [1.807, 2.05) is 18.2 Å². The second kappa shape index (κ2) is 6.99. The summed E-state index contributed by atoms with van der Waals surface area (Å²) in [4.78, 5) is 4.88. The van der Waals surface area contributed by atoms with Crippen molar-refractivity contribution in [2.75, 3.05) is 37.6 Å². The fourth-order valence-electron chi connectivity index (χ4n) is 3.61. The van der Waals surface area contributed by atoms with Crippen LogP contribution in [0.5, 0.6) is 0 Å². The van der Waals surface area contributed by atoms with Gasteiger partial charge in [0.05, 0.1) is 16.8 Å². The van der Waals surface area contributed by atoms with Crippen molar-refractivity contribution in [2.45, 2.75) is 31.8 Å². The van der Waals surface area contributed by atoms with Gasteiger partial charge in [-0.1, -0.05) is 36.6 Å². The van der Waals surface area contributed by atoms with Crippen LogP contribution in [-0.2, 0) is 0 Å². The number of nitrogens with zero attached hydrogens (tertiary/aromatic N) is 2. The van der Waals surface area contributed by atoms with Crippen molar-refractivity contribution in [1.29, 1.82) is 0 Å². The summed E-state index contributed by atoms with van der Waals surface area (Å²) >= 11 is 6.28. The van der Waals surface area contributed by atoms with Gasteiger partial charge in [0.15, 0.2) is 0 Å². The number of benzene rings is 1. The molecule has 1 saturated heterocycles. The molecule has 3 rings (SSSR count). The zero-order valence-electron chi connectivity index (χ0n) is 12.5. The van der Waals surface area contributed by atoms with Gasteiger partial charge in [0.25, 0.3) is 0 Å². The third-order valence-corrected chi connectivity index (χ3v) is 5.25. The highest BCUT2D eigenvalue weighted by atomic mass is 35.5. The number of halogens is 1. The molecule has 0 radical (unpaired) electrons. The number of aliphatic hydroxyl groups is 1. The number of hydrogen-bond acceptors (Lipinski definition) is 3. The SMILES string of the molecule is OC1CCCCC1CN1CCN(c2ccccc2Cl)CC1. The first-order valence-corrected chi connectivity index (χ1v) is 8.52. The van der Waals surface area contributed by atoms with Crippen molar-refractivity contribution < 1.29 is 5.11 Å². The highest BCUT2D eigenvalue weighted by Gasteiger charge is 2.27. The van der Waals surface area contributed by atoms with Crippen molar-refractivity contribution in [3.05, 3.63) is 29.3 Å². The molecule has 3 nitrogen and oxygen atoms in total. The summed E-state index contributed by atoms with van der Waals surface area (Å²) in [5.74, 6) is 0.477. The van der Waals surface area contributed by atoms with Gasteiger partial charge < -0.3 is 10.0 Å². The summed E-state index contributed by atoms with van der Waals surface area (Å²) in [6.07, 6.45) is 4.57. The molecule has 21 heavy (non-hydrogen) atoms. The standard InChI is InChI=1S/C17H25ClN2O/c18-15-6-2-3-7-16(15)20-11-9-19(10-12-20)13-14-5-1-4-8-17(14)21/h2-3,6-7,14,17,21H,1,4-5,8-13H2. The van der Waals surface area contributed by atoms with Crippen molar-refractivity contribution in [1.82, 2.24) is 4.90 Å². The van der Waals surface area contributed by atoms with Crippen LogP contribution in [0.15, 0.2) is 24.3 Å². The lowest BCUT2D eigenvalue weighted by Crippen LogP contribution is -2.49. The molecule has 1 N–H and O–H groups in total. The first kappa shape index (κ1) is 15.1. The lowest BCUT2D eigenvalue weighted by Gasteiger charge is -2.39. The molecular weight excluding hydrogens is 284 g/mol. The van der Waals surface area contributed by atoms with Crippen LogP contribution in [0.1, 0.15) is 25.7 Å². The van der Waals surface area contributed by atoms with E-state index < -0.39 is 0 Å². The molecule has 1 saturated carbocycles. The minimum Gasteiger partial charge on any atom is -0.393 e. The fourth-order valence-corrected chi connectivity index (χ4v) is 3.87. The van der Waals surface area contributed by atoms with Crippen LogP contribution < -0.4 is 4.90 Å². The molecule has 1 aliphatic carbocycles. The quantitative estimate of drug-likeness (QED) is 0.930. The van der Waals surface area contributed by atoms with Crippen LogP contribution >= 0.6 is 11.6 Å². The van der Waals surface area contributed by atoms with E-state index >= 15 is 0 Å². The molecule has 1 heterocycles. The average molecular weight is 309 g/mol. The van der Waals surface area contributed by atoms with Gasteiger partial charge in [0.1, 0.15) is 0 Å². The molecule has 1 aliphatic heterocycles. The molecule has 116 valence electrons. The lowest BCUT2D eigenvalue weighted by atomic mass is 9.86. The molecule has 0 spiro atoms. The maximum Gasteiger partial charge on any atom is 0.0639 e. The minimum atomic E-state index is -0.0830. The first-order chi connectivity index (χ1) is 10.2. The van der Waals surface area contributed by atoms with Crippen LogP contribution in [-0.4, -0.2) is 48.8 Å². The Labute approximate surface area is 132 Å². The summed E-state index contributed by atoms with van der Waals surface area (Å²) in [5, 5.41) is 11.0. The zero-order valence-corrected chi connectivity index (χ0v) is 13.3. The largest absolute Gasteiger partial charge is 0.393 e. The Kier molecular flexibility index (Phi) is 5.04. The molecule has 0 aromatic heterocycles. The zero-order chi connectivity index (χ0) is 14.7. The van der Waals surface area contributed by atoms with Crippen molar-refractivity contribution in [3.63, 3.8) is 0 Å². The van der Waals surface area contributed by atoms with Gasteiger partial charge in [0, 0.05) is 32.7 Å². The Morgan fingerprint density at radius 3 is 2.48 bits per heavy atom. The summed E-state index contributed by atoms with van der Waals surface area (Å²) in [5.41, 5.74) is 1.15. The lowest BCUT2D eigenvalue weighted by molar-refractivity contribution is 0.0453. The van der Waals surface area contributed by atoms with Crippen molar-refractivity contribution in [3.8, 4) is 0 Å². The molecule has 2 unspecified atom stereocenters. The Hall–Kier alpha value is -0.770. The first-order valence-electron chi connectivity index (χ1n) is 8.14. The molecular formula is C17H25ClN2O. The van der Waals surface area contributed by atoms with E-state index in [9.17, 15) is 5.11 Å². The molecule has 2 fully saturated rings. The van der Waals surface area contributed by atoms with E-state index in [0.29, 0.717) is 5.92 Å².